The maximum Gasteiger partial charge on any atom is 0.315 e. The summed E-state index contributed by atoms with van der Waals surface area (Å²) in [4.78, 5) is 25.7. The Morgan fingerprint density at radius 1 is 1.36 bits per heavy atom. The summed E-state index contributed by atoms with van der Waals surface area (Å²) in [5.41, 5.74) is 1.16. The minimum Gasteiger partial charge on any atom is -0.344 e. The van der Waals surface area contributed by atoms with Crippen molar-refractivity contribution in [1.82, 2.24) is 30.6 Å². The Balaban J connectivity index is 1.84. The van der Waals surface area contributed by atoms with Gasteiger partial charge in [0.2, 0.25) is 5.91 Å². The molecule has 2 atom stereocenters. The highest BCUT2D eigenvalue weighted by atomic mass is 16.2. The van der Waals surface area contributed by atoms with Crippen molar-refractivity contribution in [2.75, 3.05) is 33.2 Å². The smallest absolute Gasteiger partial charge is 0.315 e. The van der Waals surface area contributed by atoms with Gasteiger partial charge in [-0.15, -0.1) is 6.42 Å². The molecule has 1 aromatic rings. The molecule has 0 unspecified atom stereocenters. The Hall–Kier alpha value is -2.53. The summed E-state index contributed by atoms with van der Waals surface area (Å²) in [6.45, 7) is 1.63. The summed E-state index contributed by atoms with van der Waals surface area (Å²) in [6, 6.07) is -0.129. The zero-order valence-electron chi connectivity index (χ0n) is 14.8. The standard InChI is InChI=1S/C17H26N6O2/c1-4-7-18-15(24)11-20-17(25)19-9-13-6-5-8-22(2)16(13)14-10-21-23(3)12-14/h1,10,12-13,16H,5-9,11H2,2-3H3,(H,18,24)(H2,19,20,25)/t13-,16+/m0/s1. The van der Waals surface area contributed by atoms with Gasteiger partial charge < -0.3 is 16.0 Å². The fourth-order valence-electron chi connectivity index (χ4n) is 3.25. The number of aryl methyl sites for hydroxylation is 1. The van der Waals surface area contributed by atoms with E-state index in [1.54, 1.807) is 4.68 Å². The van der Waals surface area contributed by atoms with Crippen LogP contribution in [0.5, 0.6) is 0 Å². The second kappa shape index (κ2) is 9.08. The maximum absolute atomic E-state index is 11.9. The Labute approximate surface area is 148 Å². The van der Waals surface area contributed by atoms with Crippen LogP contribution in [-0.2, 0) is 11.8 Å². The molecular formula is C17H26N6O2. The van der Waals surface area contributed by atoms with E-state index in [2.05, 4.69) is 38.9 Å². The third-order valence-corrected chi connectivity index (χ3v) is 4.40. The molecule has 2 heterocycles. The quantitative estimate of drug-likeness (QED) is 0.625. The number of carbonyl (C=O) groups excluding carboxylic acids is 2. The normalized spacial score (nSPS) is 20.5. The second-order valence-electron chi connectivity index (χ2n) is 6.32. The van der Waals surface area contributed by atoms with Crippen molar-refractivity contribution in [2.45, 2.75) is 18.9 Å². The lowest BCUT2D eigenvalue weighted by atomic mass is 9.86. The number of terminal acetylenes is 1. The highest BCUT2D eigenvalue weighted by molar-refractivity contribution is 5.83. The maximum atomic E-state index is 11.9. The van der Waals surface area contributed by atoms with Crippen LogP contribution in [0.2, 0.25) is 0 Å². The number of likely N-dealkylation sites (tertiary alicyclic amines) is 1. The van der Waals surface area contributed by atoms with Crippen LogP contribution in [0.25, 0.3) is 0 Å². The first-order chi connectivity index (χ1) is 12.0. The van der Waals surface area contributed by atoms with Crippen molar-refractivity contribution >= 4 is 11.9 Å². The summed E-state index contributed by atoms with van der Waals surface area (Å²) in [7, 11) is 4.00. The molecule has 0 bridgehead atoms. The molecule has 1 saturated heterocycles. The molecule has 136 valence electrons. The molecule has 0 spiro atoms. The van der Waals surface area contributed by atoms with Gasteiger partial charge >= 0.3 is 6.03 Å². The van der Waals surface area contributed by atoms with Gasteiger partial charge in [0.25, 0.3) is 0 Å². The molecule has 3 N–H and O–H groups in total. The van der Waals surface area contributed by atoms with Gasteiger partial charge in [-0.25, -0.2) is 4.79 Å². The molecule has 3 amide bonds. The number of amides is 3. The molecule has 8 heteroatoms. The molecule has 0 radical (unpaired) electrons. The SMILES string of the molecule is C#CCNC(=O)CNC(=O)NC[C@@H]1CCCN(C)[C@H]1c1cnn(C)c1. The van der Waals surface area contributed by atoms with Gasteiger partial charge in [0.15, 0.2) is 0 Å². The van der Waals surface area contributed by atoms with E-state index >= 15 is 0 Å². The monoisotopic (exact) mass is 346 g/mol. The molecule has 1 fully saturated rings. The van der Waals surface area contributed by atoms with Gasteiger partial charge in [-0.05, 0) is 32.4 Å². The van der Waals surface area contributed by atoms with E-state index in [1.807, 2.05) is 19.4 Å². The fraction of sp³-hybridized carbons (Fsp3) is 0.588. The molecule has 1 aliphatic heterocycles. The first-order valence-corrected chi connectivity index (χ1v) is 8.42. The Morgan fingerprint density at radius 2 is 2.16 bits per heavy atom. The molecule has 0 aromatic carbocycles. The summed E-state index contributed by atoms with van der Waals surface area (Å²) in [5, 5.41) is 12.2. The number of hydrogen-bond donors (Lipinski definition) is 3. The van der Waals surface area contributed by atoms with Crippen LogP contribution >= 0.6 is 0 Å². The topological polar surface area (TPSA) is 91.3 Å². The third-order valence-electron chi connectivity index (χ3n) is 4.40. The van der Waals surface area contributed by atoms with Gasteiger partial charge in [0.05, 0.1) is 19.3 Å². The van der Waals surface area contributed by atoms with Crippen LogP contribution in [0.15, 0.2) is 12.4 Å². The lowest BCUT2D eigenvalue weighted by Gasteiger charge is -2.38. The third kappa shape index (κ3) is 5.50. The van der Waals surface area contributed by atoms with E-state index < -0.39 is 0 Å². The Kier molecular flexibility index (Phi) is 6.83. The number of urea groups is 1. The van der Waals surface area contributed by atoms with Crippen LogP contribution in [0, 0.1) is 18.3 Å². The molecule has 2 rings (SSSR count). The fourth-order valence-corrected chi connectivity index (χ4v) is 3.25. The predicted octanol–water partition coefficient (Wildman–Crippen LogP) is -0.148. The summed E-state index contributed by atoms with van der Waals surface area (Å²) in [6.07, 6.45) is 11.1. The van der Waals surface area contributed by atoms with E-state index in [-0.39, 0.29) is 31.1 Å². The van der Waals surface area contributed by atoms with Gasteiger partial charge in [0.1, 0.15) is 0 Å². The number of aromatic nitrogens is 2. The Morgan fingerprint density at radius 3 is 2.84 bits per heavy atom. The first kappa shape index (κ1) is 18.8. The summed E-state index contributed by atoms with van der Waals surface area (Å²) < 4.78 is 1.80. The number of carbonyl (C=O) groups is 2. The van der Waals surface area contributed by atoms with Gasteiger partial charge in [-0.1, -0.05) is 5.92 Å². The zero-order chi connectivity index (χ0) is 18.2. The molecule has 0 aliphatic carbocycles. The number of hydrogen-bond acceptors (Lipinski definition) is 4. The average Bonchev–Trinajstić information content (AvgIpc) is 3.02. The average molecular weight is 346 g/mol. The van der Waals surface area contributed by atoms with Crippen molar-refractivity contribution in [3.8, 4) is 12.3 Å². The van der Waals surface area contributed by atoms with Crippen LogP contribution < -0.4 is 16.0 Å². The molecule has 1 aromatic heterocycles. The molecular weight excluding hydrogens is 320 g/mol. The molecule has 25 heavy (non-hydrogen) atoms. The van der Waals surface area contributed by atoms with Crippen LogP contribution in [0.1, 0.15) is 24.4 Å². The predicted molar refractivity (Wildman–Crippen MR) is 94.5 cm³/mol. The summed E-state index contributed by atoms with van der Waals surface area (Å²) in [5.74, 6) is 2.30. The first-order valence-electron chi connectivity index (χ1n) is 8.42. The van der Waals surface area contributed by atoms with Crippen LogP contribution in [0.3, 0.4) is 0 Å². The second-order valence-corrected chi connectivity index (χ2v) is 6.32. The lowest BCUT2D eigenvalue weighted by molar-refractivity contribution is -0.119. The largest absolute Gasteiger partial charge is 0.344 e. The van der Waals surface area contributed by atoms with Crippen LogP contribution in [-0.4, -0.2) is 59.8 Å². The zero-order valence-corrected chi connectivity index (χ0v) is 14.8. The van der Waals surface area contributed by atoms with E-state index in [4.69, 9.17) is 6.42 Å². The van der Waals surface area contributed by atoms with E-state index in [0.29, 0.717) is 12.5 Å². The van der Waals surface area contributed by atoms with Crippen molar-refractivity contribution < 1.29 is 9.59 Å². The van der Waals surface area contributed by atoms with Gasteiger partial charge in [-0.2, -0.15) is 5.10 Å². The molecule has 0 saturated carbocycles. The van der Waals surface area contributed by atoms with Gasteiger partial charge in [0, 0.05) is 31.4 Å². The lowest BCUT2D eigenvalue weighted by Crippen LogP contribution is -2.46. The summed E-state index contributed by atoms with van der Waals surface area (Å²) >= 11 is 0. The highest BCUT2D eigenvalue weighted by Gasteiger charge is 2.31. The van der Waals surface area contributed by atoms with E-state index in [9.17, 15) is 9.59 Å². The minimum absolute atomic E-state index is 0.0931. The van der Waals surface area contributed by atoms with Crippen molar-refractivity contribution in [1.29, 1.82) is 0 Å². The number of nitrogens with zero attached hydrogens (tertiary/aromatic N) is 3. The van der Waals surface area contributed by atoms with E-state index in [0.717, 1.165) is 24.9 Å². The number of piperidine rings is 1. The molecule has 8 nitrogen and oxygen atoms in total. The van der Waals surface area contributed by atoms with Crippen molar-refractivity contribution in [3.05, 3.63) is 18.0 Å². The minimum atomic E-state index is -0.353. The number of nitrogens with one attached hydrogen (secondary N) is 3. The molecule has 1 aliphatic rings. The van der Waals surface area contributed by atoms with Crippen molar-refractivity contribution in [3.63, 3.8) is 0 Å². The van der Waals surface area contributed by atoms with Gasteiger partial charge in [-0.3, -0.25) is 14.4 Å². The van der Waals surface area contributed by atoms with Crippen LogP contribution in [0.4, 0.5) is 4.79 Å². The van der Waals surface area contributed by atoms with Crippen molar-refractivity contribution in [2.24, 2.45) is 13.0 Å². The number of rotatable bonds is 6. The Bertz CT molecular complexity index is 635. The van der Waals surface area contributed by atoms with E-state index in [1.165, 1.54) is 0 Å². The highest BCUT2D eigenvalue weighted by Crippen LogP contribution is 2.34.